The van der Waals surface area contributed by atoms with Gasteiger partial charge in [-0.25, -0.2) is 4.70 Å². The van der Waals surface area contributed by atoms with Crippen LogP contribution in [-0.2, 0) is 30.8 Å². The van der Waals surface area contributed by atoms with E-state index in [4.69, 9.17) is 0 Å². The molecule has 320 valence electrons. The van der Waals surface area contributed by atoms with Crippen molar-refractivity contribution in [3.8, 4) is 0 Å². The monoisotopic (exact) mass is 859 g/mol. The summed E-state index contributed by atoms with van der Waals surface area (Å²) in [5, 5.41) is 0. The maximum absolute atomic E-state index is 11.8. The number of benzene rings is 2. The molecule has 0 saturated heterocycles. The van der Waals surface area contributed by atoms with E-state index in [0.717, 1.165) is 91.9 Å². The van der Waals surface area contributed by atoms with E-state index in [-0.39, 0.29) is 0 Å². The molecule has 0 fully saturated rings. The SMILES string of the molecule is CCCCCCCCc1ccc(C2=C(CCCC)C(CCCC)=C(c3cccc(CCCCC)c3)[N+]2=[N-])cc1.CCCCCCC[CH2][Pd][CH2]CCCCCCC. The summed E-state index contributed by atoms with van der Waals surface area (Å²) in [5.41, 5.74) is 21.6. The van der Waals surface area contributed by atoms with Crippen molar-refractivity contribution >= 4 is 11.4 Å². The Kier molecular flexibility index (Phi) is 30.6. The van der Waals surface area contributed by atoms with Crippen molar-refractivity contribution in [1.82, 2.24) is 0 Å². The summed E-state index contributed by atoms with van der Waals surface area (Å²) in [4.78, 5) is 3.07. The van der Waals surface area contributed by atoms with E-state index < -0.39 is 0 Å². The first kappa shape index (κ1) is 50.3. The quantitative estimate of drug-likeness (QED) is 0.0388. The molecule has 0 radical (unpaired) electrons. The second-order valence-corrected chi connectivity index (χ2v) is 18.9. The van der Waals surface area contributed by atoms with E-state index in [0.29, 0.717) is 0 Å². The Bertz CT molecular complexity index is 1320. The number of hydrogen-bond donors (Lipinski definition) is 0. The van der Waals surface area contributed by atoms with Crippen molar-refractivity contribution in [2.45, 2.75) is 238 Å². The van der Waals surface area contributed by atoms with Gasteiger partial charge in [-0.05, 0) is 86.8 Å². The Morgan fingerprint density at radius 1 is 0.393 bits per heavy atom. The first-order chi connectivity index (χ1) is 27.6. The molecule has 2 aromatic rings. The number of aryl methyl sites for hydroxylation is 2. The Morgan fingerprint density at radius 2 is 0.804 bits per heavy atom. The minimum atomic E-state index is 1.01. The summed E-state index contributed by atoms with van der Waals surface area (Å²) < 4.78 is 1.55. The summed E-state index contributed by atoms with van der Waals surface area (Å²) in [7, 11) is 0. The van der Waals surface area contributed by atoms with Gasteiger partial charge in [0, 0.05) is 22.3 Å². The van der Waals surface area contributed by atoms with Gasteiger partial charge in [0.1, 0.15) is 0 Å². The van der Waals surface area contributed by atoms with Gasteiger partial charge in [0.05, 0.1) is 0 Å². The molecule has 2 aromatic carbocycles. The molecule has 0 amide bonds. The van der Waals surface area contributed by atoms with Gasteiger partial charge in [0.25, 0.3) is 0 Å². The van der Waals surface area contributed by atoms with E-state index in [2.05, 4.69) is 90.1 Å². The van der Waals surface area contributed by atoms with Crippen LogP contribution in [0.1, 0.15) is 237 Å². The average molecular weight is 860 g/mol. The summed E-state index contributed by atoms with van der Waals surface area (Å²) >= 11 is 1.07. The number of allylic oxidation sites excluding steroid dienone is 2. The third kappa shape index (κ3) is 20.7. The van der Waals surface area contributed by atoms with Gasteiger partial charge in [-0.2, -0.15) is 0 Å². The van der Waals surface area contributed by atoms with Gasteiger partial charge in [-0.15, -0.1) is 0 Å². The summed E-state index contributed by atoms with van der Waals surface area (Å²) in [6, 6.07) is 18.0. The zero-order valence-corrected chi connectivity index (χ0v) is 39.3. The van der Waals surface area contributed by atoms with Crippen molar-refractivity contribution in [2.75, 3.05) is 0 Å². The van der Waals surface area contributed by atoms with Gasteiger partial charge >= 0.3 is 119 Å². The minimum absolute atomic E-state index is 1.01. The molecule has 0 aromatic heterocycles. The molecule has 1 aliphatic rings. The molecule has 1 aliphatic heterocycles. The number of unbranched alkanes of at least 4 members (excludes halogenated alkanes) is 19. The van der Waals surface area contributed by atoms with Crippen LogP contribution in [0.15, 0.2) is 59.7 Å². The fourth-order valence-corrected chi connectivity index (χ4v) is 9.78. The zero-order chi connectivity index (χ0) is 40.5. The van der Waals surface area contributed by atoms with Crippen LogP contribution in [0.5, 0.6) is 0 Å². The number of rotatable bonds is 33. The van der Waals surface area contributed by atoms with Gasteiger partial charge in [-0.3, -0.25) is 0 Å². The van der Waals surface area contributed by atoms with Crippen molar-refractivity contribution in [2.24, 2.45) is 0 Å². The van der Waals surface area contributed by atoms with Crippen LogP contribution in [0, 0.1) is 0 Å². The number of hydrogen-bond acceptors (Lipinski definition) is 0. The topological polar surface area (TPSA) is 25.3 Å². The van der Waals surface area contributed by atoms with Crippen LogP contribution in [-0.4, -0.2) is 4.70 Å². The third-order valence-electron chi connectivity index (χ3n) is 11.4. The van der Waals surface area contributed by atoms with Crippen molar-refractivity contribution in [3.63, 3.8) is 0 Å². The van der Waals surface area contributed by atoms with Crippen LogP contribution in [0.4, 0.5) is 0 Å². The van der Waals surface area contributed by atoms with E-state index in [1.807, 2.05) is 0 Å². The molecule has 1 heterocycles. The Balaban J connectivity index is 0.000000536. The molecule has 0 bridgehead atoms. The molecule has 0 atom stereocenters. The van der Waals surface area contributed by atoms with Crippen molar-refractivity contribution in [3.05, 3.63) is 87.5 Å². The molecule has 0 unspecified atom stereocenters. The fraction of sp³-hybridized carbons (Fsp3) is 0.698. The van der Waals surface area contributed by atoms with Gasteiger partial charge in [0.15, 0.2) is 0 Å². The first-order valence-corrected chi connectivity index (χ1v) is 26.3. The second kappa shape index (κ2) is 34.1. The first-order valence-electron chi connectivity index (χ1n) is 24.1. The maximum atomic E-state index is 11.8. The summed E-state index contributed by atoms with van der Waals surface area (Å²) in [6.45, 7) is 13.7. The Morgan fingerprint density at radius 3 is 1.32 bits per heavy atom. The zero-order valence-electron chi connectivity index (χ0n) is 37.7. The fourth-order valence-electron chi connectivity index (χ4n) is 7.84. The van der Waals surface area contributed by atoms with E-state index in [1.54, 1.807) is 4.70 Å². The van der Waals surface area contributed by atoms with Crippen LogP contribution < -0.4 is 0 Å². The molecule has 0 aliphatic carbocycles. The average Bonchev–Trinajstić information content (AvgIpc) is 3.50. The Hall–Kier alpha value is -1.82. The van der Waals surface area contributed by atoms with Crippen LogP contribution in [0.3, 0.4) is 0 Å². The van der Waals surface area contributed by atoms with E-state index >= 15 is 0 Å². The summed E-state index contributed by atoms with van der Waals surface area (Å²) in [6.07, 6.45) is 38.1. The molecule has 3 heteroatoms. The molecule has 0 spiro atoms. The molecule has 0 N–H and O–H groups in total. The summed E-state index contributed by atoms with van der Waals surface area (Å²) in [5.74, 6) is 0. The normalized spacial score (nSPS) is 12.9. The van der Waals surface area contributed by atoms with Crippen molar-refractivity contribution in [1.29, 1.82) is 0 Å². The molecule has 56 heavy (non-hydrogen) atoms. The van der Waals surface area contributed by atoms with E-state index in [9.17, 15) is 5.53 Å². The predicted molar refractivity (Wildman–Crippen MR) is 246 cm³/mol. The van der Waals surface area contributed by atoms with Crippen LogP contribution >= 0.6 is 0 Å². The Labute approximate surface area is 357 Å². The standard InChI is InChI=1S/C37H54N2.2C8H17.Pd/c1-5-9-13-14-15-17-19-30-25-27-32(28-26-30)36-34(23-11-7-3)35(24-12-8-4)37(39(36)38)33-22-18-21-31(29-33)20-16-10-6-2;2*1-3-5-7-8-6-4-2;/h18,21-22,25-29H,5-17,19-20,23-24H2,1-4H3;2*1,3-8H2,2H3;. The molecule has 2 nitrogen and oxygen atoms in total. The third-order valence-corrected chi connectivity index (χ3v) is 13.6. The van der Waals surface area contributed by atoms with Gasteiger partial charge < -0.3 is 5.53 Å². The van der Waals surface area contributed by atoms with Crippen LogP contribution in [0.2, 0.25) is 9.79 Å². The number of nitrogens with zero attached hydrogens (tertiary/aromatic N) is 2. The second-order valence-electron chi connectivity index (χ2n) is 16.6. The van der Waals surface area contributed by atoms with E-state index in [1.165, 1.54) is 167 Å². The van der Waals surface area contributed by atoms with Crippen molar-refractivity contribution < 1.29 is 22.7 Å². The molecular weight excluding hydrogens is 771 g/mol. The van der Waals surface area contributed by atoms with Gasteiger partial charge in [-0.1, -0.05) is 110 Å². The molecule has 0 saturated carbocycles. The van der Waals surface area contributed by atoms with Gasteiger partial charge in [0.2, 0.25) is 11.4 Å². The van der Waals surface area contributed by atoms with Crippen LogP contribution in [0.25, 0.3) is 16.9 Å². The predicted octanol–water partition coefficient (Wildman–Crippen LogP) is 18.5. The molecule has 3 rings (SSSR count). The molecular formula is C53H88N2Pd.